The summed E-state index contributed by atoms with van der Waals surface area (Å²) < 4.78 is 5.53. The number of hydrogen-bond acceptors (Lipinski definition) is 3. The molecule has 1 aromatic rings. The maximum absolute atomic E-state index is 11.8. The van der Waals surface area contributed by atoms with Gasteiger partial charge in [0.15, 0.2) is 0 Å². The normalized spacial score (nSPS) is 11.4. The van der Waals surface area contributed by atoms with Crippen molar-refractivity contribution in [3.05, 3.63) is 29.3 Å². The van der Waals surface area contributed by atoms with Gasteiger partial charge in [0.25, 0.3) is 0 Å². The van der Waals surface area contributed by atoms with Crippen LogP contribution in [0.3, 0.4) is 0 Å². The number of amides is 1. The van der Waals surface area contributed by atoms with Crippen LogP contribution in [0.1, 0.15) is 26.2 Å². The van der Waals surface area contributed by atoms with Crippen LogP contribution < -0.4 is 10.1 Å². The summed E-state index contributed by atoms with van der Waals surface area (Å²) in [6, 6.07) is 9.12. The van der Waals surface area contributed by atoms with Gasteiger partial charge in [-0.3, -0.25) is 4.79 Å². The molecule has 0 saturated heterocycles. The van der Waals surface area contributed by atoms with E-state index < -0.39 is 0 Å². The summed E-state index contributed by atoms with van der Waals surface area (Å²) in [4.78, 5) is 11.8. The molecule has 0 aliphatic rings. The molecular weight excluding hydrogens is 276 g/mol. The van der Waals surface area contributed by atoms with Gasteiger partial charge in [0, 0.05) is 18.0 Å². The molecule has 108 valence electrons. The minimum atomic E-state index is -0.221. The monoisotopic (exact) mass is 294 g/mol. The van der Waals surface area contributed by atoms with Crippen molar-refractivity contribution in [1.29, 1.82) is 5.26 Å². The summed E-state index contributed by atoms with van der Waals surface area (Å²) >= 11 is 5.78. The molecule has 1 aromatic carbocycles. The van der Waals surface area contributed by atoms with E-state index in [9.17, 15) is 4.79 Å². The highest BCUT2D eigenvalue weighted by Gasteiger charge is 2.12. The molecule has 1 atom stereocenters. The first kappa shape index (κ1) is 16.3. The molecule has 1 amide bonds. The standard InChI is InChI=1S/C15H19ClN2O2/c1-12(15(19)18-10-4-2-3-9-17)11-20-14-7-5-13(16)6-8-14/h5-8,12H,2-4,10-11H2,1H3,(H,18,19). The fourth-order valence-corrected chi connectivity index (χ4v) is 1.67. The van der Waals surface area contributed by atoms with Gasteiger partial charge in [0.1, 0.15) is 5.75 Å². The third kappa shape index (κ3) is 6.44. The predicted octanol–water partition coefficient (Wildman–Crippen LogP) is 3.16. The van der Waals surface area contributed by atoms with Crippen molar-refractivity contribution in [2.45, 2.75) is 26.2 Å². The van der Waals surface area contributed by atoms with Crippen LogP contribution >= 0.6 is 11.6 Å². The van der Waals surface area contributed by atoms with Gasteiger partial charge < -0.3 is 10.1 Å². The van der Waals surface area contributed by atoms with Gasteiger partial charge in [-0.05, 0) is 37.1 Å². The van der Waals surface area contributed by atoms with E-state index in [2.05, 4.69) is 11.4 Å². The van der Waals surface area contributed by atoms with Gasteiger partial charge in [0.05, 0.1) is 18.6 Å². The number of halogens is 1. The summed E-state index contributed by atoms with van der Waals surface area (Å²) in [7, 11) is 0. The van der Waals surface area contributed by atoms with E-state index in [4.69, 9.17) is 21.6 Å². The molecule has 0 spiro atoms. The van der Waals surface area contributed by atoms with E-state index in [-0.39, 0.29) is 11.8 Å². The molecule has 0 saturated carbocycles. The molecule has 0 aliphatic heterocycles. The second-order valence-corrected chi connectivity index (χ2v) is 5.01. The summed E-state index contributed by atoms with van der Waals surface area (Å²) in [6.07, 6.45) is 2.17. The van der Waals surface area contributed by atoms with Gasteiger partial charge in [-0.1, -0.05) is 18.5 Å². The molecule has 1 unspecified atom stereocenters. The highest BCUT2D eigenvalue weighted by molar-refractivity contribution is 6.30. The van der Waals surface area contributed by atoms with Crippen LogP contribution in [0.25, 0.3) is 0 Å². The number of ether oxygens (including phenoxy) is 1. The summed E-state index contributed by atoms with van der Waals surface area (Å²) in [5, 5.41) is 11.9. The van der Waals surface area contributed by atoms with Crippen LogP contribution in [0.5, 0.6) is 5.75 Å². The highest BCUT2D eigenvalue weighted by Crippen LogP contribution is 2.16. The maximum Gasteiger partial charge on any atom is 0.226 e. The number of nitriles is 1. The van der Waals surface area contributed by atoms with Crippen LogP contribution in [-0.4, -0.2) is 19.1 Å². The molecule has 0 bridgehead atoms. The summed E-state index contributed by atoms with van der Waals surface area (Å²) in [5.74, 6) is 0.445. The fourth-order valence-electron chi connectivity index (χ4n) is 1.54. The maximum atomic E-state index is 11.8. The number of benzene rings is 1. The number of rotatable bonds is 8. The van der Waals surface area contributed by atoms with Gasteiger partial charge in [-0.15, -0.1) is 0 Å². The average Bonchev–Trinajstić information content (AvgIpc) is 2.46. The number of nitrogens with zero attached hydrogens (tertiary/aromatic N) is 1. The highest BCUT2D eigenvalue weighted by atomic mass is 35.5. The Labute approximate surface area is 124 Å². The van der Waals surface area contributed by atoms with Gasteiger partial charge in [-0.25, -0.2) is 0 Å². The lowest BCUT2D eigenvalue weighted by atomic mass is 10.2. The lowest BCUT2D eigenvalue weighted by Gasteiger charge is -2.13. The molecule has 0 fully saturated rings. The van der Waals surface area contributed by atoms with Crippen molar-refractivity contribution in [3.63, 3.8) is 0 Å². The first-order valence-electron chi connectivity index (χ1n) is 6.66. The number of carbonyl (C=O) groups is 1. The Bertz CT molecular complexity index is 454. The zero-order valence-corrected chi connectivity index (χ0v) is 12.3. The SMILES string of the molecule is CC(COc1ccc(Cl)cc1)C(=O)NCCCCC#N. The zero-order valence-electron chi connectivity index (χ0n) is 11.6. The van der Waals surface area contributed by atoms with Crippen molar-refractivity contribution in [3.8, 4) is 11.8 Å². The molecule has 0 aliphatic carbocycles. The van der Waals surface area contributed by atoms with Crippen molar-refractivity contribution in [2.75, 3.05) is 13.2 Å². The van der Waals surface area contributed by atoms with Crippen molar-refractivity contribution >= 4 is 17.5 Å². The smallest absolute Gasteiger partial charge is 0.226 e. The van der Waals surface area contributed by atoms with Crippen LogP contribution in [0.4, 0.5) is 0 Å². The van der Waals surface area contributed by atoms with Gasteiger partial charge >= 0.3 is 0 Å². The molecule has 4 nitrogen and oxygen atoms in total. The van der Waals surface area contributed by atoms with E-state index in [0.717, 1.165) is 12.8 Å². The molecule has 0 radical (unpaired) electrons. The predicted molar refractivity (Wildman–Crippen MR) is 78.6 cm³/mol. The molecule has 0 heterocycles. The van der Waals surface area contributed by atoms with E-state index in [1.807, 2.05) is 6.92 Å². The van der Waals surface area contributed by atoms with Crippen molar-refractivity contribution < 1.29 is 9.53 Å². The number of nitrogens with one attached hydrogen (secondary N) is 1. The molecular formula is C15H19ClN2O2. The van der Waals surface area contributed by atoms with Crippen molar-refractivity contribution in [2.24, 2.45) is 5.92 Å². The van der Waals surface area contributed by atoms with E-state index in [0.29, 0.717) is 30.3 Å². The van der Waals surface area contributed by atoms with E-state index >= 15 is 0 Å². The first-order chi connectivity index (χ1) is 9.63. The topological polar surface area (TPSA) is 62.1 Å². The Hall–Kier alpha value is -1.73. The quantitative estimate of drug-likeness (QED) is 0.749. The van der Waals surface area contributed by atoms with Crippen LogP contribution in [0.2, 0.25) is 5.02 Å². The molecule has 1 rings (SSSR count). The third-order valence-corrected chi connectivity index (χ3v) is 3.03. The molecule has 1 N–H and O–H groups in total. The van der Waals surface area contributed by atoms with Crippen LogP contribution in [0, 0.1) is 17.2 Å². The summed E-state index contributed by atoms with van der Waals surface area (Å²) in [5.41, 5.74) is 0. The second kappa shape index (κ2) is 9.22. The minimum absolute atomic E-state index is 0.0316. The average molecular weight is 295 g/mol. The number of hydrogen-bond donors (Lipinski definition) is 1. The Balaban J connectivity index is 2.21. The number of carbonyl (C=O) groups excluding carboxylic acids is 1. The van der Waals surface area contributed by atoms with Gasteiger partial charge in [0.2, 0.25) is 5.91 Å². The second-order valence-electron chi connectivity index (χ2n) is 4.57. The Kier molecular flexibility index (Phi) is 7.52. The lowest BCUT2D eigenvalue weighted by Crippen LogP contribution is -2.33. The fraction of sp³-hybridized carbons (Fsp3) is 0.467. The number of unbranched alkanes of at least 4 members (excludes halogenated alkanes) is 2. The molecule has 5 heteroatoms. The van der Waals surface area contributed by atoms with E-state index in [1.165, 1.54) is 0 Å². The minimum Gasteiger partial charge on any atom is -0.493 e. The first-order valence-corrected chi connectivity index (χ1v) is 7.04. The largest absolute Gasteiger partial charge is 0.493 e. The Morgan fingerprint density at radius 1 is 1.40 bits per heavy atom. The molecule has 0 aromatic heterocycles. The van der Waals surface area contributed by atoms with Crippen LogP contribution in [-0.2, 0) is 4.79 Å². The molecule has 20 heavy (non-hydrogen) atoms. The van der Waals surface area contributed by atoms with E-state index in [1.54, 1.807) is 24.3 Å². The lowest BCUT2D eigenvalue weighted by molar-refractivity contribution is -0.125. The van der Waals surface area contributed by atoms with Crippen LogP contribution in [0.15, 0.2) is 24.3 Å². The van der Waals surface area contributed by atoms with Gasteiger partial charge in [-0.2, -0.15) is 5.26 Å². The Morgan fingerprint density at radius 3 is 2.75 bits per heavy atom. The van der Waals surface area contributed by atoms with Crippen molar-refractivity contribution in [1.82, 2.24) is 5.32 Å². The third-order valence-electron chi connectivity index (χ3n) is 2.78. The Morgan fingerprint density at radius 2 is 2.10 bits per heavy atom. The zero-order chi connectivity index (χ0) is 14.8. The summed E-state index contributed by atoms with van der Waals surface area (Å²) in [6.45, 7) is 2.75.